The first-order valence-electron chi connectivity index (χ1n) is 7.89. The van der Waals surface area contributed by atoms with Crippen LogP contribution in [0.2, 0.25) is 0 Å². The van der Waals surface area contributed by atoms with Gasteiger partial charge in [-0.2, -0.15) is 0 Å². The molecule has 2 aromatic rings. The summed E-state index contributed by atoms with van der Waals surface area (Å²) in [5.74, 6) is 1.66. The Kier molecular flexibility index (Phi) is 5.48. The summed E-state index contributed by atoms with van der Waals surface area (Å²) in [7, 11) is 1.66. The average molecular weight is 333 g/mol. The van der Waals surface area contributed by atoms with E-state index in [1.165, 1.54) is 0 Å². The van der Waals surface area contributed by atoms with Gasteiger partial charge in [0.2, 0.25) is 0 Å². The van der Waals surface area contributed by atoms with Crippen LogP contribution in [0.1, 0.15) is 17.6 Å². The molecule has 0 bridgehead atoms. The van der Waals surface area contributed by atoms with Gasteiger partial charge in [0.25, 0.3) is 0 Å². The zero-order valence-corrected chi connectivity index (χ0v) is 14.4. The molecule has 1 aromatic heterocycles. The van der Waals surface area contributed by atoms with Gasteiger partial charge in [0.1, 0.15) is 23.1 Å². The Hall–Kier alpha value is -1.63. The van der Waals surface area contributed by atoms with Gasteiger partial charge in [-0.1, -0.05) is 0 Å². The fraction of sp³-hybridized carbons (Fsp3) is 0.471. The molecule has 1 N–H and O–H groups in total. The summed E-state index contributed by atoms with van der Waals surface area (Å²) in [6.45, 7) is 6.87. The Labute approximate surface area is 141 Å². The van der Waals surface area contributed by atoms with Gasteiger partial charge in [0.15, 0.2) is 0 Å². The maximum Gasteiger partial charge on any atom is 0.140 e. The SMILES string of the molecule is COc1ccc(OCc2nc(CN3CCNC[C@H]3C)cs2)cc1. The van der Waals surface area contributed by atoms with E-state index in [1.54, 1.807) is 18.4 Å². The first-order valence-corrected chi connectivity index (χ1v) is 8.77. The van der Waals surface area contributed by atoms with E-state index in [0.29, 0.717) is 12.6 Å². The second-order valence-corrected chi connectivity index (χ2v) is 6.66. The summed E-state index contributed by atoms with van der Waals surface area (Å²) < 4.78 is 10.9. The molecule has 3 rings (SSSR count). The number of piperazine rings is 1. The lowest BCUT2D eigenvalue weighted by molar-refractivity contribution is 0.164. The van der Waals surface area contributed by atoms with Gasteiger partial charge >= 0.3 is 0 Å². The van der Waals surface area contributed by atoms with Crippen LogP contribution in [0.4, 0.5) is 0 Å². The molecule has 5 nitrogen and oxygen atoms in total. The number of hydrogen-bond donors (Lipinski definition) is 1. The summed E-state index contributed by atoms with van der Waals surface area (Å²) in [6.07, 6.45) is 0. The van der Waals surface area contributed by atoms with Crippen molar-refractivity contribution in [2.75, 3.05) is 26.7 Å². The van der Waals surface area contributed by atoms with E-state index in [-0.39, 0.29) is 0 Å². The first kappa shape index (κ1) is 16.2. The van der Waals surface area contributed by atoms with Gasteiger partial charge in [-0.25, -0.2) is 4.98 Å². The predicted octanol–water partition coefficient (Wildman–Crippen LogP) is 2.52. The molecule has 2 heterocycles. The van der Waals surface area contributed by atoms with Crippen molar-refractivity contribution in [3.8, 4) is 11.5 Å². The third-order valence-corrected chi connectivity index (χ3v) is 4.90. The van der Waals surface area contributed by atoms with Crippen LogP contribution in [0.5, 0.6) is 11.5 Å². The lowest BCUT2D eigenvalue weighted by atomic mass is 10.2. The molecule has 1 atom stereocenters. The van der Waals surface area contributed by atoms with E-state index < -0.39 is 0 Å². The molecule has 1 fully saturated rings. The smallest absolute Gasteiger partial charge is 0.140 e. The van der Waals surface area contributed by atoms with Gasteiger partial charge in [0.05, 0.1) is 12.8 Å². The second kappa shape index (κ2) is 7.77. The number of benzene rings is 1. The van der Waals surface area contributed by atoms with Crippen molar-refractivity contribution in [2.24, 2.45) is 0 Å². The quantitative estimate of drug-likeness (QED) is 0.880. The van der Waals surface area contributed by atoms with Crippen LogP contribution in [-0.2, 0) is 13.2 Å². The van der Waals surface area contributed by atoms with Crippen LogP contribution in [0.15, 0.2) is 29.6 Å². The molecule has 0 amide bonds. The summed E-state index contributed by atoms with van der Waals surface area (Å²) in [5.41, 5.74) is 1.14. The molecule has 0 saturated carbocycles. The summed E-state index contributed by atoms with van der Waals surface area (Å²) in [6, 6.07) is 8.18. The maximum absolute atomic E-state index is 5.78. The molecule has 1 saturated heterocycles. The topological polar surface area (TPSA) is 46.6 Å². The van der Waals surface area contributed by atoms with E-state index in [2.05, 4.69) is 22.5 Å². The molecule has 23 heavy (non-hydrogen) atoms. The fourth-order valence-electron chi connectivity index (χ4n) is 2.63. The molecule has 0 unspecified atom stereocenters. The normalized spacial score (nSPS) is 18.8. The molecule has 0 aliphatic carbocycles. The minimum atomic E-state index is 0.508. The van der Waals surface area contributed by atoms with Crippen LogP contribution in [0.3, 0.4) is 0 Å². The van der Waals surface area contributed by atoms with Crippen LogP contribution in [0, 0.1) is 0 Å². The molecule has 124 valence electrons. The second-order valence-electron chi connectivity index (χ2n) is 5.72. The van der Waals surface area contributed by atoms with Crippen molar-refractivity contribution in [3.63, 3.8) is 0 Å². The van der Waals surface area contributed by atoms with Crippen molar-refractivity contribution in [1.82, 2.24) is 15.2 Å². The number of nitrogens with zero attached hydrogens (tertiary/aromatic N) is 2. The Bertz CT molecular complexity index is 615. The van der Waals surface area contributed by atoms with Crippen LogP contribution in [0.25, 0.3) is 0 Å². The lowest BCUT2D eigenvalue weighted by Gasteiger charge is -2.33. The Morgan fingerprint density at radius 2 is 2.09 bits per heavy atom. The highest BCUT2D eigenvalue weighted by Crippen LogP contribution is 2.20. The van der Waals surface area contributed by atoms with Crippen molar-refractivity contribution in [3.05, 3.63) is 40.3 Å². The van der Waals surface area contributed by atoms with Crippen molar-refractivity contribution in [1.29, 1.82) is 0 Å². The van der Waals surface area contributed by atoms with Gasteiger partial charge < -0.3 is 14.8 Å². The molecule has 0 radical (unpaired) electrons. The number of nitrogens with one attached hydrogen (secondary N) is 1. The first-order chi connectivity index (χ1) is 11.2. The average Bonchev–Trinajstić information content (AvgIpc) is 3.03. The molecule has 1 aromatic carbocycles. The van der Waals surface area contributed by atoms with Crippen LogP contribution in [-0.4, -0.2) is 42.7 Å². The number of ether oxygens (including phenoxy) is 2. The Morgan fingerprint density at radius 1 is 1.30 bits per heavy atom. The van der Waals surface area contributed by atoms with E-state index in [0.717, 1.165) is 48.4 Å². The minimum absolute atomic E-state index is 0.508. The standard InChI is InChI=1S/C17H23N3O2S/c1-13-9-18-7-8-20(13)10-14-12-23-17(19-14)11-22-16-5-3-15(21-2)4-6-16/h3-6,12-13,18H,7-11H2,1-2H3/t13-/m1/s1. The highest BCUT2D eigenvalue weighted by atomic mass is 32.1. The molecule has 0 spiro atoms. The zero-order chi connectivity index (χ0) is 16.1. The number of methoxy groups -OCH3 is 1. The zero-order valence-electron chi connectivity index (χ0n) is 13.6. The summed E-state index contributed by atoms with van der Waals surface area (Å²) >= 11 is 1.66. The Morgan fingerprint density at radius 3 is 2.83 bits per heavy atom. The molecular weight excluding hydrogens is 310 g/mol. The highest BCUT2D eigenvalue weighted by molar-refractivity contribution is 7.09. The summed E-state index contributed by atoms with van der Waals surface area (Å²) in [4.78, 5) is 7.17. The van der Waals surface area contributed by atoms with E-state index in [4.69, 9.17) is 14.5 Å². The highest BCUT2D eigenvalue weighted by Gasteiger charge is 2.18. The monoisotopic (exact) mass is 333 g/mol. The number of aromatic nitrogens is 1. The molecule has 1 aliphatic heterocycles. The number of thiazole rings is 1. The van der Waals surface area contributed by atoms with Gasteiger partial charge in [-0.3, -0.25) is 4.90 Å². The van der Waals surface area contributed by atoms with Gasteiger partial charge in [0, 0.05) is 37.6 Å². The molecule has 1 aliphatic rings. The van der Waals surface area contributed by atoms with Crippen LogP contribution >= 0.6 is 11.3 Å². The third kappa shape index (κ3) is 4.43. The third-order valence-electron chi connectivity index (χ3n) is 4.03. The van der Waals surface area contributed by atoms with Crippen molar-refractivity contribution >= 4 is 11.3 Å². The number of hydrogen-bond acceptors (Lipinski definition) is 6. The van der Waals surface area contributed by atoms with Gasteiger partial charge in [-0.05, 0) is 31.2 Å². The molecular formula is C17H23N3O2S. The Balaban J connectivity index is 1.52. The maximum atomic E-state index is 5.78. The van der Waals surface area contributed by atoms with Gasteiger partial charge in [-0.15, -0.1) is 11.3 Å². The largest absolute Gasteiger partial charge is 0.497 e. The number of rotatable bonds is 6. The predicted molar refractivity (Wildman–Crippen MR) is 92.2 cm³/mol. The van der Waals surface area contributed by atoms with E-state index in [1.807, 2.05) is 24.3 Å². The summed E-state index contributed by atoms with van der Waals surface area (Å²) in [5, 5.41) is 6.57. The lowest BCUT2D eigenvalue weighted by Crippen LogP contribution is -2.49. The van der Waals surface area contributed by atoms with Crippen molar-refractivity contribution in [2.45, 2.75) is 26.1 Å². The van der Waals surface area contributed by atoms with Crippen LogP contribution < -0.4 is 14.8 Å². The van der Waals surface area contributed by atoms with E-state index >= 15 is 0 Å². The minimum Gasteiger partial charge on any atom is -0.497 e. The molecule has 6 heteroatoms. The van der Waals surface area contributed by atoms with E-state index in [9.17, 15) is 0 Å². The fourth-order valence-corrected chi connectivity index (χ4v) is 3.33. The van der Waals surface area contributed by atoms with Crippen molar-refractivity contribution < 1.29 is 9.47 Å².